The van der Waals surface area contributed by atoms with E-state index in [-0.39, 0.29) is 6.61 Å². The van der Waals surface area contributed by atoms with Crippen LogP contribution < -0.4 is 0 Å². The maximum absolute atomic E-state index is 12.6. The number of halogens is 3. The number of ether oxygens (including phenoxy) is 1. The van der Waals surface area contributed by atoms with Gasteiger partial charge in [0.2, 0.25) is 0 Å². The van der Waals surface area contributed by atoms with Crippen LogP contribution in [0.25, 0.3) is 0 Å². The molecule has 108 valence electrons. The van der Waals surface area contributed by atoms with Crippen LogP contribution in [0.1, 0.15) is 46.0 Å². The van der Waals surface area contributed by atoms with Crippen LogP contribution in [-0.4, -0.2) is 18.8 Å². The van der Waals surface area contributed by atoms with E-state index in [4.69, 9.17) is 0 Å². The van der Waals surface area contributed by atoms with E-state index >= 15 is 0 Å². The molecule has 0 amide bonds. The molecule has 5 heteroatoms. The van der Waals surface area contributed by atoms with E-state index < -0.39 is 17.7 Å². The number of unbranched alkanes of at least 4 members (excludes halogenated alkanes) is 4. The summed E-state index contributed by atoms with van der Waals surface area (Å²) in [5.74, 6) is 3.45. The number of alkyl halides is 3. The Morgan fingerprint density at radius 1 is 1.21 bits per heavy atom. The van der Waals surface area contributed by atoms with Crippen molar-refractivity contribution in [3.05, 3.63) is 11.6 Å². The molecule has 19 heavy (non-hydrogen) atoms. The zero-order valence-electron chi connectivity index (χ0n) is 11.3. The van der Waals surface area contributed by atoms with Crippen molar-refractivity contribution in [2.24, 2.45) is 0 Å². The van der Waals surface area contributed by atoms with Gasteiger partial charge in [0, 0.05) is 12.5 Å². The monoisotopic (exact) mass is 276 g/mol. The summed E-state index contributed by atoms with van der Waals surface area (Å²) in [5.41, 5.74) is -1.15. The van der Waals surface area contributed by atoms with Gasteiger partial charge in [-0.15, -0.1) is 0 Å². The Kier molecular flexibility index (Phi) is 8.77. The van der Waals surface area contributed by atoms with Gasteiger partial charge in [-0.3, -0.25) is 0 Å². The van der Waals surface area contributed by atoms with Crippen molar-refractivity contribution in [1.82, 2.24) is 0 Å². The number of allylic oxidation sites excluding steroid dienone is 1. The Morgan fingerprint density at radius 3 is 2.42 bits per heavy atom. The quantitative estimate of drug-likeness (QED) is 0.317. The second kappa shape index (κ2) is 9.48. The second-order valence-corrected chi connectivity index (χ2v) is 3.92. The minimum atomic E-state index is -4.62. The number of carbonyl (C=O) groups excluding carboxylic acids is 1. The molecule has 0 bridgehead atoms. The summed E-state index contributed by atoms with van der Waals surface area (Å²) < 4.78 is 42.2. The maximum atomic E-state index is 12.6. The number of carbonyl (C=O) groups is 1. The summed E-state index contributed by atoms with van der Waals surface area (Å²) >= 11 is 0. The van der Waals surface area contributed by atoms with E-state index in [1.54, 1.807) is 0 Å². The highest BCUT2D eigenvalue weighted by Gasteiger charge is 2.33. The van der Waals surface area contributed by atoms with Gasteiger partial charge in [0.1, 0.15) is 5.57 Å². The van der Waals surface area contributed by atoms with Crippen LogP contribution in [0.4, 0.5) is 13.2 Å². The maximum Gasteiger partial charge on any atom is 0.424 e. The molecular weight excluding hydrogens is 257 g/mol. The molecule has 0 radical (unpaired) electrons. The first kappa shape index (κ1) is 17.6. The van der Waals surface area contributed by atoms with Crippen molar-refractivity contribution in [1.29, 1.82) is 0 Å². The van der Waals surface area contributed by atoms with Gasteiger partial charge in [-0.1, -0.05) is 38.0 Å². The third kappa shape index (κ3) is 9.18. The predicted molar refractivity (Wildman–Crippen MR) is 67.3 cm³/mol. The first-order valence-corrected chi connectivity index (χ1v) is 6.36. The number of hydrogen-bond donors (Lipinski definition) is 0. The Bertz CT molecular complexity index is 359. The van der Waals surface area contributed by atoms with Gasteiger partial charge >= 0.3 is 12.1 Å². The minimum absolute atomic E-state index is 0.0327. The number of rotatable bonds is 6. The summed E-state index contributed by atoms with van der Waals surface area (Å²) in [6, 6.07) is 0. The molecule has 0 aromatic rings. The molecule has 0 N–H and O–H groups in total. The Balaban J connectivity index is 4.54. The van der Waals surface area contributed by atoms with Crippen molar-refractivity contribution >= 4 is 5.97 Å². The molecule has 0 rings (SSSR count). The highest BCUT2D eigenvalue weighted by atomic mass is 19.4. The fourth-order valence-electron chi connectivity index (χ4n) is 1.29. The highest BCUT2D eigenvalue weighted by Crippen LogP contribution is 2.25. The van der Waals surface area contributed by atoms with Gasteiger partial charge in [-0.05, 0) is 13.3 Å². The molecule has 0 fully saturated rings. The topological polar surface area (TPSA) is 26.3 Å². The van der Waals surface area contributed by atoms with E-state index in [1.165, 1.54) is 6.92 Å². The molecule has 2 nitrogen and oxygen atoms in total. The SMILES string of the molecule is CCCCCCC#C/C(=C\C(=O)OCC)C(F)(F)F. The Morgan fingerprint density at radius 2 is 1.89 bits per heavy atom. The first-order valence-electron chi connectivity index (χ1n) is 6.36. The standard InChI is InChI=1S/C14H19F3O2/c1-3-5-6-7-8-9-10-12(14(15,16)17)11-13(18)19-4-2/h11H,3-8H2,1-2H3/b12-11+. The van der Waals surface area contributed by atoms with Crippen LogP contribution in [0.5, 0.6) is 0 Å². The Labute approximate surface area is 112 Å². The van der Waals surface area contributed by atoms with Gasteiger partial charge in [-0.2, -0.15) is 13.2 Å². The Hall–Kier alpha value is -1.44. The second-order valence-electron chi connectivity index (χ2n) is 3.92. The van der Waals surface area contributed by atoms with E-state index in [1.807, 2.05) is 5.92 Å². The van der Waals surface area contributed by atoms with Gasteiger partial charge in [-0.25, -0.2) is 4.79 Å². The minimum Gasteiger partial charge on any atom is -0.463 e. The molecule has 0 aliphatic carbocycles. The molecule has 0 aromatic carbocycles. The molecule has 0 heterocycles. The summed E-state index contributed by atoms with van der Waals surface area (Å²) in [5, 5.41) is 0. The average molecular weight is 276 g/mol. The largest absolute Gasteiger partial charge is 0.463 e. The summed E-state index contributed by atoms with van der Waals surface area (Å²) in [6.07, 6.45) is 0.0118. The summed E-state index contributed by atoms with van der Waals surface area (Å²) in [6.45, 7) is 3.61. The number of esters is 1. The zero-order chi connectivity index (χ0) is 14.7. The van der Waals surface area contributed by atoms with Crippen LogP contribution in [0.2, 0.25) is 0 Å². The first-order chi connectivity index (χ1) is 8.91. The van der Waals surface area contributed by atoms with E-state index in [2.05, 4.69) is 17.6 Å². The van der Waals surface area contributed by atoms with Crippen LogP contribution in [0, 0.1) is 11.8 Å². The molecule has 0 saturated carbocycles. The average Bonchev–Trinajstić information content (AvgIpc) is 2.31. The van der Waals surface area contributed by atoms with Crippen LogP contribution in [0.3, 0.4) is 0 Å². The van der Waals surface area contributed by atoms with Crippen LogP contribution in [-0.2, 0) is 9.53 Å². The molecule has 0 aromatic heterocycles. The third-order valence-corrected chi connectivity index (χ3v) is 2.23. The van der Waals surface area contributed by atoms with Gasteiger partial charge in [0.15, 0.2) is 0 Å². The predicted octanol–water partition coefficient (Wildman–Crippen LogP) is 4.01. The summed E-state index contributed by atoms with van der Waals surface area (Å²) in [4.78, 5) is 11.0. The zero-order valence-corrected chi connectivity index (χ0v) is 11.3. The lowest BCUT2D eigenvalue weighted by atomic mass is 10.1. The lowest BCUT2D eigenvalue weighted by Gasteiger charge is -2.05. The third-order valence-electron chi connectivity index (χ3n) is 2.23. The van der Waals surface area contributed by atoms with Crippen molar-refractivity contribution < 1.29 is 22.7 Å². The molecule has 0 saturated heterocycles. The van der Waals surface area contributed by atoms with Crippen molar-refractivity contribution in [3.63, 3.8) is 0 Å². The van der Waals surface area contributed by atoms with Crippen molar-refractivity contribution in [2.75, 3.05) is 6.61 Å². The van der Waals surface area contributed by atoms with Gasteiger partial charge in [0.25, 0.3) is 0 Å². The van der Waals surface area contributed by atoms with Gasteiger partial charge in [0.05, 0.1) is 6.61 Å². The smallest absolute Gasteiger partial charge is 0.424 e. The van der Waals surface area contributed by atoms with Crippen molar-refractivity contribution in [3.8, 4) is 11.8 Å². The van der Waals surface area contributed by atoms with E-state index in [9.17, 15) is 18.0 Å². The molecule has 0 aliphatic rings. The fourth-order valence-corrected chi connectivity index (χ4v) is 1.29. The van der Waals surface area contributed by atoms with E-state index in [0.29, 0.717) is 12.5 Å². The van der Waals surface area contributed by atoms with Gasteiger partial charge < -0.3 is 4.74 Å². The van der Waals surface area contributed by atoms with Crippen LogP contribution >= 0.6 is 0 Å². The fraction of sp³-hybridized carbons (Fsp3) is 0.643. The van der Waals surface area contributed by atoms with E-state index in [0.717, 1.165) is 25.7 Å². The molecule has 0 spiro atoms. The summed E-state index contributed by atoms with van der Waals surface area (Å²) in [7, 11) is 0. The molecular formula is C14H19F3O2. The van der Waals surface area contributed by atoms with Crippen LogP contribution in [0.15, 0.2) is 11.6 Å². The number of hydrogen-bond acceptors (Lipinski definition) is 2. The normalized spacial score (nSPS) is 11.7. The van der Waals surface area contributed by atoms with Crippen molar-refractivity contribution in [2.45, 2.75) is 52.1 Å². The molecule has 0 atom stereocenters. The lowest BCUT2D eigenvalue weighted by Crippen LogP contribution is -2.13. The lowest BCUT2D eigenvalue weighted by molar-refractivity contribution is -0.138. The highest BCUT2D eigenvalue weighted by molar-refractivity contribution is 5.84. The molecule has 0 aliphatic heterocycles. The molecule has 0 unspecified atom stereocenters.